The molecule has 4 aromatic rings. The van der Waals surface area contributed by atoms with E-state index in [1.54, 1.807) is 25.2 Å². The Balaban J connectivity index is 1.43. The predicted molar refractivity (Wildman–Crippen MR) is 130 cm³/mol. The Labute approximate surface area is 198 Å². The summed E-state index contributed by atoms with van der Waals surface area (Å²) in [7, 11) is 0. The number of ether oxygens (including phenoxy) is 1. The SMILES string of the molecule is Cc1c(Cl)c(C)c(Cl)c(OCC(=O)Nc2ccc(-c3nc4ccccc4s3)cc2)c1Cl. The van der Waals surface area contributed by atoms with Gasteiger partial charge in [0, 0.05) is 16.3 Å². The average molecular weight is 492 g/mol. The van der Waals surface area contributed by atoms with E-state index in [1.807, 2.05) is 48.5 Å². The van der Waals surface area contributed by atoms with Crippen LogP contribution in [0.15, 0.2) is 48.5 Å². The van der Waals surface area contributed by atoms with Crippen molar-refractivity contribution in [3.05, 3.63) is 74.7 Å². The van der Waals surface area contributed by atoms with Gasteiger partial charge >= 0.3 is 0 Å². The van der Waals surface area contributed by atoms with Gasteiger partial charge in [-0.2, -0.15) is 0 Å². The largest absolute Gasteiger partial charge is 0.481 e. The smallest absolute Gasteiger partial charge is 0.262 e. The molecule has 4 nitrogen and oxygen atoms in total. The number of nitrogens with one attached hydrogen (secondary N) is 1. The first-order valence-corrected chi connectivity index (χ1v) is 11.3. The summed E-state index contributed by atoms with van der Waals surface area (Å²) < 4.78 is 6.74. The highest BCUT2D eigenvalue weighted by Gasteiger charge is 2.18. The molecular weight excluding hydrogens is 475 g/mol. The van der Waals surface area contributed by atoms with E-state index in [9.17, 15) is 4.79 Å². The van der Waals surface area contributed by atoms with E-state index >= 15 is 0 Å². The first-order valence-electron chi connectivity index (χ1n) is 9.37. The normalized spacial score (nSPS) is 11.0. The van der Waals surface area contributed by atoms with Crippen molar-refractivity contribution < 1.29 is 9.53 Å². The van der Waals surface area contributed by atoms with Gasteiger partial charge in [-0.05, 0) is 61.4 Å². The Kier molecular flexibility index (Phi) is 6.39. The van der Waals surface area contributed by atoms with Crippen LogP contribution in [-0.4, -0.2) is 17.5 Å². The molecule has 0 spiro atoms. The summed E-state index contributed by atoms with van der Waals surface area (Å²) >= 11 is 20.4. The molecule has 0 aliphatic rings. The maximum atomic E-state index is 12.4. The van der Waals surface area contributed by atoms with Crippen molar-refractivity contribution in [1.82, 2.24) is 4.98 Å². The van der Waals surface area contributed by atoms with Crippen LogP contribution in [0.3, 0.4) is 0 Å². The number of anilines is 1. The van der Waals surface area contributed by atoms with Gasteiger partial charge in [-0.1, -0.05) is 46.9 Å². The average Bonchev–Trinajstić information content (AvgIpc) is 3.21. The summed E-state index contributed by atoms with van der Waals surface area (Å²) in [6.45, 7) is 3.31. The highest BCUT2D eigenvalue weighted by atomic mass is 35.5. The van der Waals surface area contributed by atoms with Gasteiger partial charge in [-0.3, -0.25) is 4.79 Å². The van der Waals surface area contributed by atoms with E-state index in [1.165, 1.54) is 0 Å². The molecule has 0 radical (unpaired) electrons. The third-order valence-corrected chi connectivity index (χ3v) is 7.34. The zero-order valence-corrected chi connectivity index (χ0v) is 19.7. The molecule has 0 unspecified atom stereocenters. The lowest BCUT2D eigenvalue weighted by atomic mass is 10.1. The number of carbonyl (C=O) groups is 1. The lowest BCUT2D eigenvalue weighted by Crippen LogP contribution is -2.20. The molecular formula is C23H17Cl3N2O2S. The quantitative estimate of drug-likeness (QED) is 0.313. The molecule has 0 fully saturated rings. The van der Waals surface area contributed by atoms with Gasteiger partial charge in [0.2, 0.25) is 0 Å². The van der Waals surface area contributed by atoms with Gasteiger partial charge in [0.15, 0.2) is 12.4 Å². The monoisotopic (exact) mass is 490 g/mol. The van der Waals surface area contributed by atoms with Crippen LogP contribution in [0.2, 0.25) is 15.1 Å². The summed E-state index contributed by atoms with van der Waals surface area (Å²) in [6.07, 6.45) is 0. The fourth-order valence-corrected chi connectivity index (χ4v) is 4.86. The molecule has 1 amide bonds. The fourth-order valence-electron chi connectivity index (χ4n) is 3.06. The Morgan fingerprint density at radius 2 is 1.61 bits per heavy atom. The Bertz CT molecular complexity index is 1220. The number of hydrogen-bond acceptors (Lipinski definition) is 4. The van der Waals surface area contributed by atoms with E-state index in [0.29, 0.717) is 31.9 Å². The number of carbonyl (C=O) groups excluding carboxylic acids is 1. The topological polar surface area (TPSA) is 51.2 Å². The molecule has 0 saturated carbocycles. The van der Waals surface area contributed by atoms with Crippen molar-refractivity contribution in [2.45, 2.75) is 13.8 Å². The van der Waals surface area contributed by atoms with E-state index in [-0.39, 0.29) is 18.3 Å². The number of para-hydroxylation sites is 1. The lowest BCUT2D eigenvalue weighted by Gasteiger charge is -2.15. The van der Waals surface area contributed by atoms with Gasteiger partial charge in [-0.25, -0.2) is 4.98 Å². The highest BCUT2D eigenvalue weighted by molar-refractivity contribution is 7.21. The number of nitrogens with zero attached hydrogens (tertiary/aromatic N) is 1. The van der Waals surface area contributed by atoms with Gasteiger partial charge in [0.05, 0.1) is 20.3 Å². The first kappa shape index (κ1) is 21.9. The number of benzene rings is 3. The molecule has 31 heavy (non-hydrogen) atoms. The van der Waals surface area contributed by atoms with E-state index in [4.69, 9.17) is 39.5 Å². The standard InChI is InChI=1S/C23H17Cl3N2O2S/c1-12-19(24)13(2)21(26)22(20(12)25)30-11-18(29)27-15-9-7-14(8-10-15)23-28-16-5-3-4-6-17(16)31-23/h3-10H,11H2,1-2H3,(H,27,29). The van der Waals surface area contributed by atoms with Crippen LogP contribution in [-0.2, 0) is 4.79 Å². The maximum Gasteiger partial charge on any atom is 0.262 e. The third kappa shape index (κ3) is 4.51. The van der Waals surface area contributed by atoms with Crippen LogP contribution >= 0.6 is 46.1 Å². The number of hydrogen-bond donors (Lipinski definition) is 1. The summed E-state index contributed by atoms with van der Waals surface area (Å²) in [5, 5.41) is 4.82. The summed E-state index contributed by atoms with van der Waals surface area (Å²) in [4.78, 5) is 17.0. The van der Waals surface area contributed by atoms with Crippen molar-refractivity contribution in [3.63, 3.8) is 0 Å². The van der Waals surface area contributed by atoms with Crippen LogP contribution in [0.4, 0.5) is 5.69 Å². The number of fused-ring (bicyclic) bond motifs is 1. The molecule has 0 saturated heterocycles. The summed E-state index contributed by atoms with van der Waals surface area (Å²) in [6, 6.07) is 15.5. The van der Waals surface area contributed by atoms with Crippen LogP contribution < -0.4 is 10.1 Å². The van der Waals surface area contributed by atoms with E-state index < -0.39 is 0 Å². The van der Waals surface area contributed by atoms with Crippen molar-refractivity contribution in [2.75, 3.05) is 11.9 Å². The number of amides is 1. The second-order valence-corrected chi connectivity index (χ2v) is 9.09. The first-order chi connectivity index (χ1) is 14.8. The molecule has 0 bridgehead atoms. The van der Waals surface area contributed by atoms with Gasteiger partial charge in [0.1, 0.15) is 5.01 Å². The molecule has 0 aliphatic heterocycles. The maximum absolute atomic E-state index is 12.4. The molecule has 0 aliphatic carbocycles. The predicted octanol–water partition coefficient (Wildman–Crippen LogP) is 7.56. The molecule has 0 atom stereocenters. The van der Waals surface area contributed by atoms with E-state index in [0.717, 1.165) is 20.8 Å². The zero-order valence-electron chi connectivity index (χ0n) is 16.6. The summed E-state index contributed by atoms with van der Waals surface area (Å²) in [5.74, 6) is -0.0748. The molecule has 1 aromatic heterocycles. The van der Waals surface area contributed by atoms with Crippen molar-refractivity contribution in [2.24, 2.45) is 0 Å². The summed E-state index contributed by atoms with van der Waals surface area (Å²) in [5.41, 5.74) is 3.93. The fraction of sp³-hybridized carbons (Fsp3) is 0.130. The minimum atomic E-state index is -0.329. The second kappa shape index (κ2) is 9.05. The number of thiazole rings is 1. The van der Waals surface area contributed by atoms with Crippen LogP contribution in [0.25, 0.3) is 20.8 Å². The molecule has 3 aromatic carbocycles. The molecule has 4 rings (SSSR count). The number of rotatable bonds is 5. The van der Waals surface area contributed by atoms with E-state index in [2.05, 4.69) is 10.3 Å². The molecule has 158 valence electrons. The van der Waals surface area contributed by atoms with Crippen molar-refractivity contribution >= 4 is 68.0 Å². The van der Waals surface area contributed by atoms with Gasteiger partial charge in [0.25, 0.3) is 5.91 Å². The lowest BCUT2D eigenvalue weighted by molar-refractivity contribution is -0.118. The second-order valence-electron chi connectivity index (χ2n) is 6.92. The Morgan fingerprint density at radius 1 is 0.968 bits per heavy atom. The molecule has 1 N–H and O–H groups in total. The molecule has 1 heterocycles. The number of aromatic nitrogens is 1. The van der Waals surface area contributed by atoms with Crippen LogP contribution in [0.1, 0.15) is 11.1 Å². The third-order valence-electron chi connectivity index (χ3n) is 4.77. The van der Waals surface area contributed by atoms with Crippen molar-refractivity contribution in [3.8, 4) is 16.3 Å². The van der Waals surface area contributed by atoms with Gasteiger partial charge in [-0.15, -0.1) is 11.3 Å². The Hall–Kier alpha value is -2.31. The van der Waals surface area contributed by atoms with Gasteiger partial charge < -0.3 is 10.1 Å². The minimum Gasteiger partial charge on any atom is -0.481 e. The minimum absolute atomic E-state index is 0.237. The van der Waals surface area contributed by atoms with Crippen LogP contribution in [0, 0.1) is 13.8 Å². The zero-order chi connectivity index (χ0) is 22.1. The molecule has 8 heteroatoms. The van der Waals surface area contributed by atoms with Crippen molar-refractivity contribution in [1.29, 1.82) is 0 Å². The number of halogens is 3. The Morgan fingerprint density at radius 3 is 2.26 bits per heavy atom. The van der Waals surface area contributed by atoms with Crippen LogP contribution in [0.5, 0.6) is 5.75 Å². The highest BCUT2D eigenvalue weighted by Crippen LogP contribution is 2.42.